The highest BCUT2D eigenvalue weighted by Crippen LogP contribution is 2.39. The molecule has 306 valence electrons. The number of aliphatic hydroxyl groups excluding tert-OH is 8. The molecule has 0 fully saturated rings. The van der Waals surface area contributed by atoms with Crippen LogP contribution in [0.4, 0.5) is 16.2 Å². The second-order valence-electron chi connectivity index (χ2n) is 11.3. The number of hydrogen-bond acceptors (Lipinski definition) is 13. The Labute approximate surface area is 395 Å². The lowest BCUT2D eigenvalue weighted by Crippen LogP contribution is -2.39. The van der Waals surface area contributed by atoms with E-state index in [9.17, 15) is 64.8 Å². The molecule has 0 heterocycles. The van der Waals surface area contributed by atoms with Crippen LogP contribution in [0.2, 0.25) is 0 Å². The first kappa shape index (κ1) is 50.8. The number of nitrogens with one attached hydrogen (secondary N) is 5. The third-order valence-electron chi connectivity index (χ3n) is 7.23. The van der Waals surface area contributed by atoms with E-state index in [1.807, 2.05) is 45.2 Å². The largest absolute Gasteiger partial charge is 0.394 e. The van der Waals surface area contributed by atoms with Crippen molar-refractivity contribution in [2.75, 3.05) is 69.9 Å². The van der Waals surface area contributed by atoms with E-state index >= 15 is 0 Å². The molecule has 2 aromatic carbocycles. The van der Waals surface area contributed by atoms with Gasteiger partial charge >= 0.3 is 6.03 Å². The molecule has 4 atom stereocenters. The predicted octanol–water partition coefficient (Wildman–Crippen LogP) is -0.686. The third-order valence-corrected chi connectivity index (χ3v) is 13.6. The average Bonchev–Trinajstić information content (AvgIpc) is 3.15. The Morgan fingerprint density at radius 2 is 0.745 bits per heavy atom. The fraction of sp³-hybridized carbons (Fsp3) is 0.433. The van der Waals surface area contributed by atoms with Gasteiger partial charge in [-0.3, -0.25) is 24.1 Å². The van der Waals surface area contributed by atoms with Crippen molar-refractivity contribution < 1.29 is 64.8 Å². The minimum absolute atomic E-state index is 0.0124. The Hall–Kier alpha value is -0.350. The predicted molar refractivity (Wildman–Crippen MR) is 248 cm³/mol. The lowest BCUT2D eigenvalue weighted by atomic mass is 10.1. The number of carbonyl (C=O) groups excluding carboxylic acids is 5. The first-order valence-corrected chi connectivity index (χ1v) is 22.0. The third kappa shape index (κ3) is 13.3. The van der Waals surface area contributed by atoms with Crippen molar-refractivity contribution in [2.45, 2.75) is 24.4 Å². The van der Waals surface area contributed by atoms with Crippen LogP contribution in [0.15, 0.2) is 0 Å². The highest BCUT2D eigenvalue weighted by atomic mass is 127. The normalized spacial score (nSPS) is 13.3. The van der Waals surface area contributed by atoms with Gasteiger partial charge in [0.15, 0.2) is 0 Å². The van der Waals surface area contributed by atoms with Gasteiger partial charge in [0.25, 0.3) is 23.6 Å². The zero-order valence-corrected chi connectivity index (χ0v) is 41.2. The van der Waals surface area contributed by atoms with Gasteiger partial charge in [-0.25, -0.2) is 4.79 Å². The van der Waals surface area contributed by atoms with Crippen molar-refractivity contribution in [3.63, 3.8) is 0 Å². The molecule has 0 spiro atoms. The number of urea groups is 1. The van der Waals surface area contributed by atoms with Crippen molar-refractivity contribution in [3.05, 3.63) is 43.7 Å². The molecule has 55 heavy (non-hydrogen) atoms. The van der Waals surface area contributed by atoms with Crippen molar-refractivity contribution in [3.8, 4) is 0 Å². The van der Waals surface area contributed by atoms with Gasteiger partial charge in [-0.2, -0.15) is 0 Å². The Bertz CT molecular complexity index is 1670. The molecule has 6 amide bonds. The van der Waals surface area contributed by atoms with Crippen LogP contribution in [0.5, 0.6) is 0 Å². The minimum atomic E-state index is -1.30. The Morgan fingerprint density at radius 3 is 1.00 bits per heavy atom. The van der Waals surface area contributed by atoms with Crippen LogP contribution in [0.25, 0.3) is 0 Å². The SMILES string of the molecule is CN(C(=O)Nc1c(I)c(C(=O)NCC(O)CO)c(I)c(C(=O)NCC(O)CO)c1I)c1c(I)c(C(=O)NCC(O)CO)c(I)c(C(=O)NCC(O)CO)c1I. The molecule has 0 saturated heterocycles. The van der Waals surface area contributed by atoms with Gasteiger partial charge in [-0.05, 0) is 136 Å². The second-order valence-corrected chi connectivity index (χ2v) is 17.8. The van der Waals surface area contributed by atoms with Crippen LogP contribution in [0.3, 0.4) is 0 Å². The quantitative estimate of drug-likeness (QED) is 0.0825. The maximum absolute atomic E-state index is 14.2. The lowest BCUT2D eigenvalue weighted by Gasteiger charge is -2.26. The monoisotopic (exact) mass is 1450 g/mol. The average molecular weight is 1450 g/mol. The lowest BCUT2D eigenvalue weighted by molar-refractivity contribution is 0.0792. The standard InChI is InChI=1S/C30H36I6N6O13/c1-42(25-22(35)16(28(53)39-4-12(49)8-45)19(32)17(23(25)36)29(54)40-5-13(50)9-46)30(55)41-24-20(33)14(26(51)37-2-10(47)6-43)18(31)15(21(24)34)27(52)38-3-11(48)7-44/h10-13,43-50H,2-9H2,1H3,(H,37,51)(H,38,52)(H,39,53)(H,40,54)(H,41,55). The summed E-state index contributed by atoms with van der Waals surface area (Å²) in [6.45, 7) is -3.98. The van der Waals surface area contributed by atoms with Gasteiger partial charge in [0.05, 0.1) is 98.8 Å². The van der Waals surface area contributed by atoms with Gasteiger partial charge < -0.3 is 67.4 Å². The Morgan fingerprint density at radius 1 is 0.491 bits per heavy atom. The molecule has 19 nitrogen and oxygen atoms in total. The topological polar surface area (TPSA) is 311 Å². The number of amides is 6. The van der Waals surface area contributed by atoms with E-state index in [1.165, 1.54) is 7.05 Å². The number of aliphatic hydroxyl groups is 8. The van der Waals surface area contributed by atoms with Gasteiger partial charge in [-0.15, -0.1) is 0 Å². The van der Waals surface area contributed by atoms with E-state index in [0.717, 1.165) is 4.90 Å². The van der Waals surface area contributed by atoms with Crippen LogP contribution in [-0.4, -0.2) is 155 Å². The number of hydrogen-bond donors (Lipinski definition) is 13. The molecule has 0 radical (unpaired) electrons. The highest BCUT2D eigenvalue weighted by molar-refractivity contribution is 14.1. The van der Waals surface area contributed by atoms with Crippen LogP contribution < -0.4 is 31.5 Å². The molecule has 2 rings (SSSR count). The fourth-order valence-electron chi connectivity index (χ4n) is 4.26. The minimum Gasteiger partial charge on any atom is -0.394 e. The summed E-state index contributed by atoms with van der Waals surface area (Å²) in [6, 6.07) is -0.873. The molecule has 0 saturated carbocycles. The summed E-state index contributed by atoms with van der Waals surface area (Å²) in [5, 5.41) is 88.9. The molecule has 2 aromatic rings. The summed E-state index contributed by atoms with van der Waals surface area (Å²) >= 11 is 10.8. The summed E-state index contributed by atoms with van der Waals surface area (Å²) in [5.41, 5.74) is -0.251. The van der Waals surface area contributed by atoms with Crippen molar-refractivity contribution in [1.29, 1.82) is 0 Å². The van der Waals surface area contributed by atoms with Gasteiger partial charge in [0.2, 0.25) is 0 Å². The van der Waals surface area contributed by atoms with E-state index in [-0.39, 0.29) is 81.2 Å². The molecule has 0 aliphatic heterocycles. The van der Waals surface area contributed by atoms with E-state index in [2.05, 4.69) is 26.6 Å². The van der Waals surface area contributed by atoms with Gasteiger partial charge in [0, 0.05) is 40.4 Å². The van der Waals surface area contributed by atoms with E-state index < -0.39 is 80.5 Å². The Kier molecular flexibility index (Phi) is 22.2. The summed E-state index contributed by atoms with van der Waals surface area (Å²) < 4.78 is 0.964. The molecule has 13 N–H and O–H groups in total. The highest BCUT2D eigenvalue weighted by Gasteiger charge is 2.33. The maximum atomic E-state index is 14.2. The summed E-state index contributed by atoms with van der Waals surface area (Å²) in [6.07, 6.45) is -5.18. The molecular weight excluding hydrogens is 1410 g/mol. The summed E-state index contributed by atoms with van der Waals surface area (Å²) in [4.78, 5) is 69.2. The number of rotatable bonds is 18. The molecular formula is C30H36I6N6O13. The smallest absolute Gasteiger partial charge is 0.326 e. The zero-order chi connectivity index (χ0) is 41.9. The van der Waals surface area contributed by atoms with E-state index in [1.54, 1.807) is 90.4 Å². The van der Waals surface area contributed by atoms with Crippen molar-refractivity contribution in [1.82, 2.24) is 21.3 Å². The Balaban J connectivity index is 2.81. The van der Waals surface area contributed by atoms with Crippen LogP contribution in [0.1, 0.15) is 41.4 Å². The van der Waals surface area contributed by atoms with Crippen LogP contribution in [0, 0.1) is 21.4 Å². The molecule has 0 aliphatic carbocycles. The number of halogens is 6. The first-order chi connectivity index (χ1) is 25.8. The molecule has 0 aromatic heterocycles. The van der Waals surface area contributed by atoms with Gasteiger partial charge in [0.1, 0.15) is 0 Å². The maximum Gasteiger partial charge on any atom is 0.326 e. The molecule has 0 bridgehead atoms. The fourth-order valence-corrected chi connectivity index (χ4v) is 13.5. The second kappa shape index (κ2) is 24.0. The van der Waals surface area contributed by atoms with E-state index in [0.29, 0.717) is 0 Å². The molecule has 4 unspecified atom stereocenters. The first-order valence-electron chi connectivity index (χ1n) is 15.5. The van der Waals surface area contributed by atoms with Crippen LogP contribution in [-0.2, 0) is 0 Å². The summed E-state index contributed by atoms with van der Waals surface area (Å²) in [7, 11) is 1.33. The summed E-state index contributed by atoms with van der Waals surface area (Å²) in [5.74, 6) is -3.06. The number of anilines is 2. The number of benzene rings is 2. The van der Waals surface area contributed by atoms with Crippen molar-refractivity contribution in [2.24, 2.45) is 0 Å². The van der Waals surface area contributed by atoms with Crippen LogP contribution >= 0.6 is 136 Å². The number of carbonyl (C=O) groups is 5. The molecule has 25 heteroatoms. The van der Waals surface area contributed by atoms with Crippen molar-refractivity contribution >= 4 is 177 Å². The van der Waals surface area contributed by atoms with Gasteiger partial charge in [-0.1, -0.05) is 0 Å². The number of nitrogens with zero attached hydrogens (tertiary/aromatic N) is 1. The molecule has 0 aliphatic rings. The zero-order valence-electron chi connectivity index (χ0n) is 28.3. The van der Waals surface area contributed by atoms with E-state index in [4.69, 9.17) is 0 Å².